The molecule has 1 N–H and O–H groups in total. The first-order valence-electron chi connectivity index (χ1n) is 7.87. The molecule has 4 rings (SSSR count). The van der Waals surface area contributed by atoms with Crippen molar-refractivity contribution in [3.05, 3.63) is 47.0 Å². The van der Waals surface area contributed by atoms with Gasteiger partial charge in [0.05, 0.1) is 11.9 Å². The zero-order valence-corrected chi connectivity index (χ0v) is 14.9. The van der Waals surface area contributed by atoms with Gasteiger partial charge in [0, 0.05) is 36.8 Å². The molecule has 0 spiro atoms. The molecule has 2 aromatic rings. The number of rotatable bonds is 4. The lowest BCUT2D eigenvalue weighted by Gasteiger charge is -2.19. The van der Waals surface area contributed by atoms with E-state index in [1.54, 1.807) is 18.3 Å². The van der Waals surface area contributed by atoms with Crippen LogP contribution in [-0.2, 0) is 6.54 Å². The number of hydrogen-bond acceptors (Lipinski definition) is 5. The molecule has 1 saturated heterocycles. The second-order valence-electron chi connectivity index (χ2n) is 5.95. The van der Waals surface area contributed by atoms with E-state index in [2.05, 4.69) is 15.2 Å². The minimum atomic E-state index is -0.454. The van der Waals surface area contributed by atoms with E-state index in [1.165, 1.54) is 6.07 Å². The van der Waals surface area contributed by atoms with Gasteiger partial charge in [-0.2, -0.15) is 4.39 Å². The Hall–Kier alpha value is -1.76. The largest absolute Gasteiger partial charge is 0.454 e. The summed E-state index contributed by atoms with van der Waals surface area (Å²) < 4.78 is 23.6. The summed E-state index contributed by atoms with van der Waals surface area (Å²) in [4.78, 5) is 5.92. The van der Waals surface area contributed by atoms with Gasteiger partial charge in [-0.15, -0.1) is 12.4 Å². The van der Waals surface area contributed by atoms with Crippen LogP contribution >= 0.6 is 24.0 Å². The molecule has 3 heterocycles. The van der Waals surface area contributed by atoms with E-state index in [1.807, 2.05) is 6.07 Å². The van der Waals surface area contributed by atoms with Crippen LogP contribution in [0.1, 0.15) is 12.0 Å². The van der Waals surface area contributed by atoms with E-state index in [-0.39, 0.29) is 19.2 Å². The maximum atomic E-state index is 12.9. The molecule has 1 atom stereocenters. The molecule has 25 heavy (non-hydrogen) atoms. The van der Waals surface area contributed by atoms with Crippen molar-refractivity contribution in [2.24, 2.45) is 0 Å². The number of nitrogens with one attached hydrogen (secondary N) is 1. The maximum absolute atomic E-state index is 12.9. The van der Waals surface area contributed by atoms with Gasteiger partial charge in [-0.25, -0.2) is 4.98 Å². The first-order valence-corrected chi connectivity index (χ1v) is 8.25. The van der Waals surface area contributed by atoms with Crippen LogP contribution in [0, 0.1) is 5.95 Å². The van der Waals surface area contributed by atoms with Crippen LogP contribution in [-0.4, -0.2) is 30.9 Å². The highest BCUT2D eigenvalue weighted by Gasteiger charge is 2.23. The lowest BCUT2D eigenvalue weighted by molar-refractivity contribution is 0.174. The van der Waals surface area contributed by atoms with Crippen LogP contribution in [0.2, 0.25) is 5.02 Å². The number of fused-ring (bicyclic) bond motifs is 1. The van der Waals surface area contributed by atoms with Crippen molar-refractivity contribution in [2.75, 3.05) is 24.8 Å². The highest BCUT2D eigenvalue weighted by Crippen LogP contribution is 2.36. The van der Waals surface area contributed by atoms with E-state index in [0.717, 1.165) is 36.5 Å². The lowest BCUT2D eigenvalue weighted by atomic mass is 10.1. The number of ether oxygens (including phenoxy) is 2. The van der Waals surface area contributed by atoms with Crippen LogP contribution in [0.3, 0.4) is 0 Å². The summed E-state index contributed by atoms with van der Waals surface area (Å²) in [5, 5.41) is 4.19. The SMILES string of the molecule is Cl.Fc1ccc(N2CC[C@H](NCc3cc4c(cc3Cl)OCO4)C2)cn1. The number of nitrogens with zero attached hydrogens (tertiary/aromatic N) is 2. The lowest BCUT2D eigenvalue weighted by Crippen LogP contribution is -2.32. The first-order chi connectivity index (χ1) is 11.7. The number of benzene rings is 1. The van der Waals surface area contributed by atoms with Crippen LogP contribution < -0.4 is 19.7 Å². The summed E-state index contributed by atoms with van der Waals surface area (Å²) in [6.07, 6.45) is 2.59. The maximum Gasteiger partial charge on any atom is 0.231 e. The standard InChI is InChI=1S/C17H17ClFN3O2.ClH/c18-14-6-16-15(23-10-24-16)5-11(14)7-20-12-3-4-22(9-12)13-1-2-17(19)21-8-13;/h1-2,5-6,8,12,20H,3-4,7,9-10H2;1H/t12-;/m0./s1. The fourth-order valence-corrected chi connectivity index (χ4v) is 3.29. The monoisotopic (exact) mass is 385 g/mol. The van der Waals surface area contributed by atoms with Crippen LogP contribution in [0.5, 0.6) is 11.5 Å². The average molecular weight is 386 g/mol. The highest BCUT2D eigenvalue weighted by atomic mass is 35.5. The van der Waals surface area contributed by atoms with Crippen LogP contribution in [0.15, 0.2) is 30.5 Å². The first kappa shape index (κ1) is 18.0. The minimum absolute atomic E-state index is 0. The van der Waals surface area contributed by atoms with Crippen molar-refractivity contribution in [1.29, 1.82) is 0 Å². The van der Waals surface area contributed by atoms with E-state index >= 15 is 0 Å². The molecule has 1 aromatic carbocycles. The summed E-state index contributed by atoms with van der Waals surface area (Å²) in [5.74, 6) is 0.978. The smallest absolute Gasteiger partial charge is 0.231 e. The Bertz CT molecular complexity index is 745. The predicted molar refractivity (Wildman–Crippen MR) is 96.5 cm³/mol. The second-order valence-corrected chi connectivity index (χ2v) is 6.36. The molecule has 1 fully saturated rings. The van der Waals surface area contributed by atoms with Crippen molar-refractivity contribution in [3.63, 3.8) is 0 Å². The molecular formula is C17H18Cl2FN3O2. The summed E-state index contributed by atoms with van der Waals surface area (Å²) in [6, 6.07) is 7.22. The van der Waals surface area contributed by atoms with Gasteiger partial charge in [0.1, 0.15) is 0 Å². The van der Waals surface area contributed by atoms with Gasteiger partial charge in [-0.3, -0.25) is 0 Å². The summed E-state index contributed by atoms with van der Waals surface area (Å²) in [6.45, 7) is 2.68. The Morgan fingerprint density at radius 2 is 2.08 bits per heavy atom. The Labute approximate surface area is 156 Å². The van der Waals surface area contributed by atoms with Crippen molar-refractivity contribution < 1.29 is 13.9 Å². The molecule has 0 bridgehead atoms. The van der Waals surface area contributed by atoms with Gasteiger partial charge in [0.25, 0.3) is 0 Å². The van der Waals surface area contributed by atoms with Gasteiger partial charge in [0.2, 0.25) is 12.7 Å². The average Bonchev–Trinajstić information content (AvgIpc) is 3.22. The van der Waals surface area contributed by atoms with Gasteiger partial charge in [0.15, 0.2) is 11.5 Å². The quantitative estimate of drug-likeness (QED) is 0.817. The fraction of sp³-hybridized carbons (Fsp3) is 0.353. The number of hydrogen-bond donors (Lipinski definition) is 1. The predicted octanol–water partition coefficient (Wildman–Crippen LogP) is 3.39. The molecule has 134 valence electrons. The van der Waals surface area contributed by atoms with E-state index in [9.17, 15) is 4.39 Å². The minimum Gasteiger partial charge on any atom is -0.454 e. The van der Waals surface area contributed by atoms with E-state index in [0.29, 0.717) is 23.4 Å². The van der Waals surface area contributed by atoms with E-state index < -0.39 is 5.95 Å². The fourth-order valence-electron chi connectivity index (χ4n) is 3.07. The van der Waals surface area contributed by atoms with Gasteiger partial charge in [-0.1, -0.05) is 11.6 Å². The second kappa shape index (κ2) is 7.64. The van der Waals surface area contributed by atoms with Crippen molar-refractivity contribution in [1.82, 2.24) is 10.3 Å². The molecule has 8 heteroatoms. The third-order valence-corrected chi connectivity index (χ3v) is 4.74. The summed E-state index contributed by atoms with van der Waals surface area (Å²) in [7, 11) is 0. The van der Waals surface area contributed by atoms with Gasteiger partial charge in [-0.05, 0) is 30.2 Å². The molecule has 2 aliphatic rings. The number of halogens is 3. The highest BCUT2D eigenvalue weighted by molar-refractivity contribution is 6.31. The normalized spacial score (nSPS) is 18.3. The number of anilines is 1. The van der Waals surface area contributed by atoms with Crippen LogP contribution in [0.4, 0.5) is 10.1 Å². The Balaban J connectivity index is 0.00000182. The Morgan fingerprint density at radius 1 is 1.28 bits per heavy atom. The van der Waals surface area contributed by atoms with Crippen molar-refractivity contribution >= 4 is 29.7 Å². The van der Waals surface area contributed by atoms with Gasteiger partial charge < -0.3 is 19.7 Å². The molecular weight excluding hydrogens is 368 g/mol. The molecule has 5 nitrogen and oxygen atoms in total. The molecule has 2 aliphatic heterocycles. The number of pyridine rings is 1. The summed E-state index contributed by atoms with van der Waals surface area (Å²) in [5.41, 5.74) is 1.93. The zero-order valence-electron chi connectivity index (χ0n) is 13.4. The third-order valence-electron chi connectivity index (χ3n) is 4.39. The zero-order chi connectivity index (χ0) is 16.5. The molecule has 0 unspecified atom stereocenters. The van der Waals surface area contributed by atoms with Crippen molar-refractivity contribution in [2.45, 2.75) is 19.0 Å². The van der Waals surface area contributed by atoms with Crippen LogP contribution in [0.25, 0.3) is 0 Å². The number of aromatic nitrogens is 1. The Morgan fingerprint density at radius 3 is 2.84 bits per heavy atom. The summed E-state index contributed by atoms with van der Waals surface area (Å²) >= 11 is 6.30. The molecule has 0 radical (unpaired) electrons. The van der Waals surface area contributed by atoms with Gasteiger partial charge >= 0.3 is 0 Å². The molecule has 1 aromatic heterocycles. The molecule has 0 saturated carbocycles. The topological polar surface area (TPSA) is 46.6 Å². The third kappa shape index (κ3) is 3.92. The Kier molecular flexibility index (Phi) is 5.51. The van der Waals surface area contributed by atoms with Crippen molar-refractivity contribution in [3.8, 4) is 11.5 Å². The molecule has 0 aliphatic carbocycles. The van der Waals surface area contributed by atoms with E-state index in [4.69, 9.17) is 21.1 Å². The molecule has 0 amide bonds.